The molecule has 0 aromatic heterocycles. The van der Waals surface area contributed by atoms with Crippen LogP contribution in [0, 0.1) is 0 Å². The van der Waals surface area contributed by atoms with Crippen molar-refractivity contribution in [2.45, 2.75) is 38.7 Å². The minimum atomic E-state index is -0.240. The van der Waals surface area contributed by atoms with Gasteiger partial charge in [0.25, 0.3) is 0 Å². The highest BCUT2D eigenvalue weighted by Crippen LogP contribution is 2.28. The summed E-state index contributed by atoms with van der Waals surface area (Å²) in [6.45, 7) is 10.2. The third-order valence-electron chi connectivity index (χ3n) is 3.29. The van der Waals surface area contributed by atoms with Crippen molar-refractivity contribution in [1.82, 2.24) is 0 Å². The predicted molar refractivity (Wildman–Crippen MR) is 77.8 cm³/mol. The standard InChI is InChI=1S/C17H20O2/c1-5-6-14-11-15(16(18)19-14)12-7-9-13(10-8-12)17(2,3)4/h5,7-11,14H,1,6H2,2-4H3/t14-/m0/s1. The molecule has 0 spiro atoms. The van der Waals surface area contributed by atoms with E-state index in [1.807, 2.05) is 18.2 Å². The Balaban J connectivity index is 2.25. The largest absolute Gasteiger partial charge is 0.454 e. The molecular weight excluding hydrogens is 236 g/mol. The topological polar surface area (TPSA) is 26.3 Å². The van der Waals surface area contributed by atoms with Gasteiger partial charge in [0.15, 0.2) is 0 Å². The molecule has 1 aromatic rings. The van der Waals surface area contributed by atoms with Crippen LogP contribution in [-0.2, 0) is 14.9 Å². The van der Waals surface area contributed by atoms with Gasteiger partial charge in [0.05, 0.1) is 5.57 Å². The Hall–Kier alpha value is -1.83. The number of hydrogen-bond acceptors (Lipinski definition) is 2. The van der Waals surface area contributed by atoms with Crippen molar-refractivity contribution in [2.75, 3.05) is 0 Å². The van der Waals surface area contributed by atoms with Gasteiger partial charge in [-0.15, -0.1) is 6.58 Å². The number of hydrogen-bond donors (Lipinski definition) is 0. The molecule has 0 aliphatic carbocycles. The maximum absolute atomic E-state index is 11.8. The molecule has 2 nitrogen and oxygen atoms in total. The van der Waals surface area contributed by atoms with Gasteiger partial charge in [-0.3, -0.25) is 0 Å². The fourth-order valence-corrected chi connectivity index (χ4v) is 2.13. The van der Waals surface area contributed by atoms with Gasteiger partial charge >= 0.3 is 5.97 Å². The second kappa shape index (κ2) is 5.04. The fourth-order valence-electron chi connectivity index (χ4n) is 2.13. The van der Waals surface area contributed by atoms with Crippen LogP contribution in [0.15, 0.2) is 43.0 Å². The van der Waals surface area contributed by atoms with Crippen LogP contribution in [0.4, 0.5) is 0 Å². The summed E-state index contributed by atoms with van der Waals surface area (Å²) in [5.74, 6) is -0.240. The van der Waals surface area contributed by atoms with E-state index in [-0.39, 0.29) is 17.5 Å². The SMILES string of the molecule is C=CC[C@H]1C=C(c2ccc(C(C)(C)C)cc2)C(=O)O1. The minimum absolute atomic E-state index is 0.120. The van der Waals surface area contributed by atoms with Crippen LogP contribution in [-0.4, -0.2) is 12.1 Å². The van der Waals surface area contributed by atoms with Crippen LogP contribution in [0.2, 0.25) is 0 Å². The summed E-state index contributed by atoms with van der Waals surface area (Å²) in [4.78, 5) is 11.8. The van der Waals surface area contributed by atoms with E-state index >= 15 is 0 Å². The molecule has 1 aliphatic heterocycles. The number of carbonyl (C=O) groups excluding carboxylic acids is 1. The Labute approximate surface area is 114 Å². The van der Waals surface area contributed by atoms with E-state index in [1.54, 1.807) is 6.08 Å². The van der Waals surface area contributed by atoms with Gasteiger partial charge in [-0.2, -0.15) is 0 Å². The maximum atomic E-state index is 11.8. The molecule has 0 amide bonds. The summed E-state index contributed by atoms with van der Waals surface area (Å²) < 4.78 is 5.26. The lowest BCUT2D eigenvalue weighted by Gasteiger charge is -2.19. The molecular formula is C17H20O2. The van der Waals surface area contributed by atoms with Crippen LogP contribution in [0.3, 0.4) is 0 Å². The van der Waals surface area contributed by atoms with Crippen molar-refractivity contribution in [3.8, 4) is 0 Å². The third kappa shape index (κ3) is 2.95. The molecule has 0 unspecified atom stereocenters. The van der Waals surface area contributed by atoms with Crippen LogP contribution in [0.1, 0.15) is 38.3 Å². The van der Waals surface area contributed by atoms with Crippen molar-refractivity contribution in [2.24, 2.45) is 0 Å². The molecule has 1 heterocycles. The van der Waals surface area contributed by atoms with Crippen molar-refractivity contribution in [1.29, 1.82) is 0 Å². The van der Waals surface area contributed by atoms with Gasteiger partial charge in [-0.25, -0.2) is 4.79 Å². The first-order valence-electron chi connectivity index (χ1n) is 6.56. The molecule has 0 saturated heterocycles. The van der Waals surface area contributed by atoms with Gasteiger partial charge in [0.2, 0.25) is 0 Å². The van der Waals surface area contributed by atoms with Crippen LogP contribution in [0.5, 0.6) is 0 Å². The molecule has 1 aliphatic rings. The summed E-state index contributed by atoms with van der Waals surface area (Å²) in [5.41, 5.74) is 2.96. The minimum Gasteiger partial charge on any atom is -0.454 e. The maximum Gasteiger partial charge on any atom is 0.339 e. The number of carbonyl (C=O) groups is 1. The monoisotopic (exact) mass is 256 g/mol. The van der Waals surface area contributed by atoms with E-state index in [1.165, 1.54) is 5.56 Å². The summed E-state index contributed by atoms with van der Waals surface area (Å²) in [5, 5.41) is 0. The zero-order chi connectivity index (χ0) is 14.0. The molecule has 0 N–H and O–H groups in total. The summed E-state index contributed by atoms with van der Waals surface area (Å²) in [6.07, 6.45) is 4.15. The van der Waals surface area contributed by atoms with E-state index in [9.17, 15) is 4.79 Å². The number of benzene rings is 1. The highest BCUT2D eigenvalue weighted by molar-refractivity contribution is 6.18. The second-order valence-electron chi connectivity index (χ2n) is 5.88. The van der Waals surface area contributed by atoms with Gasteiger partial charge in [-0.05, 0) is 22.6 Å². The molecule has 1 atom stereocenters. The lowest BCUT2D eigenvalue weighted by Crippen LogP contribution is -2.11. The molecule has 0 bridgehead atoms. The van der Waals surface area contributed by atoms with Crippen LogP contribution >= 0.6 is 0 Å². The van der Waals surface area contributed by atoms with Crippen molar-refractivity contribution in [3.05, 3.63) is 54.1 Å². The number of ether oxygens (including phenoxy) is 1. The third-order valence-corrected chi connectivity index (χ3v) is 3.29. The first-order valence-corrected chi connectivity index (χ1v) is 6.56. The lowest BCUT2D eigenvalue weighted by atomic mass is 9.86. The predicted octanol–water partition coefficient (Wildman–Crippen LogP) is 3.87. The van der Waals surface area contributed by atoms with Gasteiger partial charge < -0.3 is 4.74 Å². The molecule has 0 saturated carbocycles. The molecule has 0 radical (unpaired) electrons. The Morgan fingerprint density at radius 3 is 2.42 bits per heavy atom. The highest BCUT2D eigenvalue weighted by Gasteiger charge is 2.25. The summed E-state index contributed by atoms with van der Waals surface area (Å²) in [6, 6.07) is 8.13. The fraction of sp³-hybridized carbons (Fsp3) is 0.353. The van der Waals surface area contributed by atoms with Gasteiger partial charge in [0.1, 0.15) is 6.10 Å². The molecule has 2 rings (SSSR count). The number of cyclic esters (lactones) is 1. The normalized spacial score (nSPS) is 19.0. The molecule has 0 fully saturated rings. The number of esters is 1. The highest BCUT2D eigenvalue weighted by atomic mass is 16.5. The molecule has 100 valence electrons. The first kappa shape index (κ1) is 13.6. The molecule has 2 heteroatoms. The quantitative estimate of drug-likeness (QED) is 0.606. The van der Waals surface area contributed by atoms with E-state index in [4.69, 9.17) is 4.74 Å². The van der Waals surface area contributed by atoms with E-state index in [0.29, 0.717) is 12.0 Å². The smallest absolute Gasteiger partial charge is 0.339 e. The zero-order valence-corrected chi connectivity index (χ0v) is 11.8. The molecule has 19 heavy (non-hydrogen) atoms. The molecule has 1 aromatic carbocycles. The van der Waals surface area contributed by atoms with Crippen molar-refractivity contribution >= 4 is 11.5 Å². The Morgan fingerprint density at radius 2 is 1.89 bits per heavy atom. The van der Waals surface area contributed by atoms with Gasteiger partial charge in [0, 0.05) is 6.42 Å². The average molecular weight is 256 g/mol. The first-order chi connectivity index (χ1) is 8.91. The lowest BCUT2D eigenvalue weighted by molar-refractivity contribution is -0.137. The Bertz CT molecular complexity index is 515. The summed E-state index contributed by atoms with van der Waals surface area (Å²) >= 11 is 0. The van der Waals surface area contributed by atoms with Crippen molar-refractivity contribution < 1.29 is 9.53 Å². The average Bonchev–Trinajstić information content (AvgIpc) is 2.70. The number of rotatable bonds is 3. The van der Waals surface area contributed by atoms with E-state index in [0.717, 1.165) is 5.56 Å². The Morgan fingerprint density at radius 1 is 1.26 bits per heavy atom. The Kier molecular flexibility index (Phi) is 3.61. The van der Waals surface area contributed by atoms with E-state index < -0.39 is 0 Å². The van der Waals surface area contributed by atoms with E-state index in [2.05, 4.69) is 39.5 Å². The van der Waals surface area contributed by atoms with Crippen molar-refractivity contribution in [3.63, 3.8) is 0 Å². The zero-order valence-electron chi connectivity index (χ0n) is 11.8. The van der Waals surface area contributed by atoms with Crippen LogP contribution in [0.25, 0.3) is 5.57 Å². The summed E-state index contributed by atoms with van der Waals surface area (Å²) in [7, 11) is 0. The van der Waals surface area contributed by atoms with Gasteiger partial charge in [-0.1, -0.05) is 51.1 Å². The second-order valence-corrected chi connectivity index (χ2v) is 5.88. The van der Waals surface area contributed by atoms with Crippen LogP contribution < -0.4 is 0 Å².